The molecule has 1 aromatic rings. The lowest BCUT2D eigenvalue weighted by atomic mass is 10.00. The Balaban J connectivity index is 1.74. The zero-order chi connectivity index (χ0) is 12.7. The highest BCUT2D eigenvalue weighted by atomic mass is 16.5. The Morgan fingerprint density at radius 2 is 1.61 bits per heavy atom. The predicted molar refractivity (Wildman–Crippen MR) is 74.1 cm³/mol. The molecule has 2 aliphatic rings. The summed E-state index contributed by atoms with van der Waals surface area (Å²) in [5.41, 5.74) is 2.53. The Bertz CT molecular complexity index is 408. The molecule has 0 saturated carbocycles. The van der Waals surface area contributed by atoms with Crippen molar-refractivity contribution in [1.29, 1.82) is 0 Å². The van der Waals surface area contributed by atoms with Crippen LogP contribution in [0.5, 0.6) is 5.75 Å². The third-order valence-corrected chi connectivity index (χ3v) is 4.75. The number of aryl methyl sites for hydroxylation is 2. The Labute approximate surface area is 110 Å². The molecule has 3 atom stereocenters. The SMILES string of the molecule is Cc1cccc(C)c1OC1C[C@H]2CC[C@@H](C1)N2C. The number of ether oxygens (including phenoxy) is 1. The maximum atomic E-state index is 6.32. The van der Waals surface area contributed by atoms with Gasteiger partial charge in [0.15, 0.2) is 0 Å². The lowest BCUT2D eigenvalue weighted by Gasteiger charge is -2.36. The van der Waals surface area contributed by atoms with Crippen LogP contribution in [0.4, 0.5) is 0 Å². The van der Waals surface area contributed by atoms with E-state index in [0.717, 1.165) is 17.8 Å². The third kappa shape index (κ3) is 2.03. The van der Waals surface area contributed by atoms with E-state index in [2.05, 4.69) is 44.0 Å². The van der Waals surface area contributed by atoms with Gasteiger partial charge in [0.1, 0.15) is 11.9 Å². The molecule has 0 radical (unpaired) electrons. The third-order valence-electron chi connectivity index (χ3n) is 4.75. The summed E-state index contributed by atoms with van der Waals surface area (Å²) < 4.78 is 6.32. The molecule has 98 valence electrons. The van der Waals surface area contributed by atoms with Crippen LogP contribution in [0.2, 0.25) is 0 Å². The van der Waals surface area contributed by atoms with E-state index < -0.39 is 0 Å². The quantitative estimate of drug-likeness (QED) is 0.792. The predicted octanol–water partition coefficient (Wildman–Crippen LogP) is 3.31. The van der Waals surface area contributed by atoms with E-state index in [9.17, 15) is 0 Å². The fourth-order valence-corrected chi connectivity index (χ4v) is 3.61. The van der Waals surface area contributed by atoms with Crippen LogP contribution in [-0.2, 0) is 0 Å². The number of hydrogen-bond acceptors (Lipinski definition) is 2. The summed E-state index contributed by atoms with van der Waals surface area (Å²) in [4.78, 5) is 2.56. The first-order valence-electron chi connectivity index (χ1n) is 7.10. The number of hydrogen-bond donors (Lipinski definition) is 0. The number of rotatable bonds is 2. The number of para-hydroxylation sites is 1. The van der Waals surface area contributed by atoms with Crippen molar-refractivity contribution in [3.05, 3.63) is 29.3 Å². The summed E-state index contributed by atoms with van der Waals surface area (Å²) in [6.07, 6.45) is 5.52. The minimum Gasteiger partial charge on any atom is -0.490 e. The van der Waals surface area contributed by atoms with Crippen molar-refractivity contribution in [1.82, 2.24) is 4.90 Å². The zero-order valence-corrected chi connectivity index (χ0v) is 11.6. The lowest BCUT2D eigenvalue weighted by Crippen LogP contribution is -2.43. The maximum absolute atomic E-state index is 6.32. The molecule has 2 bridgehead atoms. The van der Waals surface area contributed by atoms with Crippen LogP contribution in [0.1, 0.15) is 36.8 Å². The molecule has 0 amide bonds. The normalized spacial score (nSPS) is 31.6. The van der Waals surface area contributed by atoms with Crippen molar-refractivity contribution >= 4 is 0 Å². The van der Waals surface area contributed by atoms with Gasteiger partial charge in [-0.3, -0.25) is 0 Å². The van der Waals surface area contributed by atoms with Crippen molar-refractivity contribution in [2.45, 2.75) is 57.7 Å². The van der Waals surface area contributed by atoms with Gasteiger partial charge in [0.2, 0.25) is 0 Å². The van der Waals surface area contributed by atoms with Crippen molar-refractivity contribution < 1.29 is 4.74 Å². The van der Waals surface area contributed by atoms with Gasteiger partial charge in [-0.1, -0.05) is 18.2 Å². The summed E-state index contributed by atoms with van der Waals surface area (Å²) in [5, 5.41) is 0. The fraction of sp³-hybridized carbons (Fsp3) is 0.625. The molecule has 1 aromatic carbocycles. The molecule has 2 aliphatic heterocycles. The molecule has 0 N–H and O–H groups in total. The van der Waals surface area contributed by atoms with Crippen molar-refractivity contribution in [2.24, 2.45) is 0 Å². The van der Waals surface area contributed by atoms with Gasteiger partial charge in [-0.2, -0.15) is 0 Å². The van der Waals surface area contributed by atoms with Gasteiger partial charge in [0.25, 0.3) is 0 Å². The minimum absolute atomic E-state index is 0.415. The minimum atomic E-state index is 0.415. The first-order valence-corrected chi connectivity index (χ1v) is 7.10. The van der Waals surface area contributed by atoms with Crippen LogP contribution in [0.25, 0.3) is 0 Å². The van der Waals surface area contributed by atoms with Crippen molar-refractivity contribution in [3.63, 3.8) is 0 Å². The Kier molecular flexibility index (Phi) is 3.06. The summed E-state index contributed by atoms with van der Waals surface area (Å²) in [7, 11) is 2.28. The van der Waals surface area contributed by atoms with Gasteiger partial charge in [-0.05, 0) is 57.7 Å². The van der Waals surface area contributed by atoms with Crippen molar-refractivity contribution in [3.8, 4) is 5.75 Å². The Morgan fingerprint density at radius 3 is 2.17 bits per heavy atom. The fourth-order valence-electron chi connectivity index (χ4n) is 3.61. The second kappa shape index (κ2) is 4.58. The smallest absolute Gasteiger partial charge is 0.125 e. The van der Waals surface area contributed by atoms with Gasteiger partial charge in [0.05, 0.1) is 0 Å². The average Bonchev–Trinajstić information content (AvgIpc) is 2.58. The molecule has 2 fully saturated rings. The molecule has 18 heavy (non-hydrogen) atoms. The standard InChI is InChI=1S/C16H23NO/c1-11-5-4-6-12(2)16(11)18-15-9-13-7-8-14(10-15)17(13)3/h4-6,13-15H,7-10H2,1-3H3/t13-,14+,15?. The average molecular weight is 245 g/mol. The van der Waals surface area contributed by atoms with E-state index in [0.29, 0.717) is 6.10 Å². The molecule has 0 aromatic heterocycles. The van der Waals surface area contributed by atoms with E-state index in [-0.39, 0.29) is 0 Å². The van der Waals surface area contributed by atoms with Crippen LogP contribution >= 0.6 is 0 Å². The molecule has 2 heteroatoms. The second-order valence-electron chi connectivity index (χ2n) is 5.98. The second-order valence-corrected chi connectivity index (χ2v) is 5.98. The van der Waals surface area contributed by atoms with Gasteiger partial charge in [0, 0.05) is 12.1 Å². The van der Waals surface area contributed by atoms with E-state index in [1.165, 1.54) is 36.8 Å². The van der Waals surface area contributed by atoms with Gasteiger partial charge in [-0.15, -0.1) is 0 Å². The maximum Gasteiger partial charge on any atom is 0.125 e. The molecule has 2 saturated heterocycles. The number of piperidine rings is 1. The van der Waals surface area contributed by atoms with Crippen LogP contribution in [0.3, 0.4) is 0 Å². The van der Waals surface area contributed by atoms with Gasteiger partial charge < -0.3 is 9.64 Å². The summed E-state index contributed by atoms with van der Waals surface area (Å²) >= 11 is 0. The summed E-state index contributed by atoms with van der Waals surface area (Å²) in [6, 6.07) is 7.89. The molecular formula is C16H23NO. The lowest BCUT2D eigenvalue weighted by molar-refractivity contribution is 0.0653. The first kappa shape index (κ1) is 12.0. The van der Waals surface area contributed by atoms with Crippen LogP contribution < -0.4 is 4.74 Å². The van der Waals surface area contributed by atoms with Crippen LogP contribution in [0.15, 0.2) is 18.2 Å². The molecule has 0 spiro atoms. The van der Waals surface area contributed by atoms with Crippen LogP contribution in [-0.4, -0.2) is 30.1 Å². The number of fused-ring (bicyclic) bond motifs is 2. The summed E-state index contributed by atoms with van der Waals surface area (Å²) in [6.45, 7) is 4.29. The van der Waals surface area contributed by atoms with E-state index >= 15 is 0 Å². The highest BCUT2D eigenvalue weighted by Crippen LogP contribution is 2.36. The van der Waals surface area contributed by atoms with Gasteiger partial charge >= 0.3 is 0 Å². The van der Waals surface area contributed by atoms with Gasteiger partial charge in [-0.25, -0.2) is 0 Å². The largest absolute Gasteiger partial charge is 0.490 e. The number of benzene rings is 1. The molecule has 0 aliphatic carbocycles. The molecule has 1 unspecified atom stereocenters. The monoisotopic (exact) mass is 245 g/mol. The van der Waals surface area contributed by atoms with Crippen molar-refractivity contribution in [2.75, 3.05) is 7.05 Å². The Hall–Kier alpha value is -1.02. The molecule has 2 heterocycles. The topological polar surface area (TPSA) is 12.5 Å². The molecule has 3 rings (SSSR count). The first-order chi connectivity index (χ1) is 8.65. The Morgan fingerprint density at radius 1 is 1.06 bits per heavy atom. The zero-order valence-electron chi connectivity index (χ0n) is 11.6. The van der Waals surface area contributed by atoms with Crippen LogP contribution in [0, 0.1) is 13.8 Å². The van der Waals surface area contributed by atoms with E-state index in [1.54, 1.807) is 0 Å². The number of nitrogens with zero attached hydrogens (tertiary/aromatic N) is 1. The summed E-state index contributed by atoms with van der Waals surface area (Å²) in [5.74, 6) is 1.12. The highest BCUT2D eigenvalue weighted by molar-refractivity contribution is 5.39. The molecule has 2 nitrogen and oxygen atoms in total. The van der Waals surface area contributed by atoms with E-state index in [1.807, 2.05) is 0 Å². The molecular weight excluding hydrogens is 222 g/mol. The highest BCUT2D eigenvalue weighted by Gasteiger charge is 2.39. The van der Waals surface area contributed by atoms with E-state index in [4.69, 9.17) is 4.74 Å².